The summed E-state index contributed by atoms with van der Waals surface area (Å²) in [6, 6.07) is 13.8. The lowest BCUT2D eigenvalue weighted by Gasteiger charge is -2.11. The Hall–Kier alpha value is -3.70. The van der Waals surface area contributed by atoms with Crippen molar-refractivity contribution in [2.75, 3.05) is 13.6 Å². The van der Waals surface area contributed by atoms with Crippen molar-refractivity contribution in [2.45, 2.75) is 53.1 Å². The summed E-state index contributed by atoms with van der Waals surface area (Å²) < 4.78 is 11.1. The van der Waals surface area contributed by atoms with Gasteiger partial charge in [-0.05, 0) is 62.4 Å². The van der Waals surface area contributed by atoms with E-state index in [-0.39, 0.29) is 18.6 Å². The number of ether oxygens (including phenoxy) is 1. The van der Waals surface area contributed by atoms with Crippen molar-refractivity contribution >= 4 is 5.91 Å². The number of fused-ring (bicyclic) bond motifs is 1. The molecule has 0 atom stereocenters. The van der Waals surface area contributed by atoms with Gasteiger partial charge in [0.1, 0.15) is 11.8 Å². The number of benzene rings is 2. The van der Waals surface area contributed by atoms with Crippen LogP contribution in [0, 0.1) is 11.3 Å². The molecular weight excluding hydrogens is 430 g/mol. The van der Waals surface area contributed by atoms with Crippen LogP contribution in [0.5, 0.6) is 5.75 Å². The number of aryl methyl sites for hydroxylation is 1. The van der Waals surface area contributed by atoms with E-state index in [1.54, 1.807) is 19.2 Å². The van der Waals surface area contributed by atoms with Gasteiger partial charge < -0.3 is 20.3 Å². The Morgan fingerprint density at radius 2 is 2.03 bits per heavy atom. The van der Waals surface area contributed by atoms with Crippen molar-refractivity contribution in [3.8, 4) is 34.7 Å². The van der Waals surface area contributed by atoms with Crippen molar-refractivity contribution in [3.63, 3.8) is 0 Å². The number of hydrogen-bond acceptors (Lipinski definition) is 7. The molecule has 0 aliphatic heterocycles. The summed E-state index contributed by atoms with van der Waals surface area (Å²) in [6.07, 6.45) is 3.33. The first-order chi connectivity index (χ1) is 16.5. The summed E-state index contributed by atoms with van der Waals surface area (Å²) in [7, 11) is 1.55. The molecule has 0 saturated carbocycles. The second-order valence-electron chi connectivity index (χ2n) is 7.59. The Kier molecular flexibility index (Phi) is 10.2. The fraction of sp³-hybridized carbons (Fsp3) is 0.385. The highest BCUT2D eigenvalue weighted by Crippen LogP contribution is 2.32. The second kappa shape index (κ2) is 13.1. The van der Waals surface area contributed by atoms with E-state index in [1.807, 2.05) is 45.9 Å². The fourth-order valence-corrected chi connectivity index (χ4v) is 3.49. The maximum Gasteiger partial charge on any atom is 0.258 e. The molecule has 0 unspecified atom stereocenters. The van der Waals surface area contributed by atoms with Gasteiger partial charge in [-0.1, -0.05) is 37.2 Å². The van der Waals surface area contributed by atoms with E-state index in [0.717, 1.165) is 18.4 Å². The number of amides is 1. The van der Waals surface area contributed by atoms with E-state index in [0.29, 0.717) is 28.6 Å². The molecule has 8 nitrogen and oxygen atoms in total. The van der Waals surface area contributed by atoms with E-state index < -0.39 is 0 Å². The molecule has 0 spiro atoms. The normalized spacial score (nSPS) is 11.4. The third kappa shape index (κ3) is 6.65. The van der Waals surface area contributed by atoms with E-state index in [2.05, 4.69) is 27.6 Å². The quantitative estimate of drug-likeness (QED) is 0.578. The first-order valence-electron chi connectivity index (χ1n) is 11.5. The summed E-state index contributed by atoms with van der Waals surface area (Å²) in [5, 5.41) is 15.9. The van der Waals surface area contributed by atoms with Gasteiger partial charge in [-0.2, -0.15) is 10.2 Å². The predicted molar refractivity (Wildman–Crippen MR) is 132 cm³/mol. The molecule has 1 amide bonds. The Morgan fingerprint density at radius 3 is 2.65 bits per heavy atom. The zero-order valence-corrected chi connectivity index (χ0v) is 20.5. The monoisotopic (exact) mass is 463 g/mol. The van der Waals surface area contributed by atoms with Crippen molar-refractivity contribution in [1.29, 1.82) is 5.26 Å². The summed E-state index contributed by atoms with van der Waals surface area (Å²) >= 11 is 0. The van der Waals surface area contributed by atoms with Crippen molar-refractivity contribution in [1.82, 2.24) is 15.5 Å². The second-order valence-corrected chi connectivity index (χ2v) is 7.59. The van der Waals surface area contributed by atoms with Crippen molar-refractivity contribution < 1.29 is 14.1 Å². The molecule has 8 heteroatoms. The molecule has 1 aliphatic rings. The van der Waals surface area contributed by atoms with Crippen LogP contribution < -0.4 is 15.8 Å². The molecule has 0 saturated heterocycles. The minimum Gasteiger partial charge on any atom is -0.490 e. The van der Waals surface area contributed by atoms with Gasteiger partial charge in [0.25, 0.3) is 5.89 Å². The number of hydrogen-bond donors (Lipinski definition) is 2. The molecular formula is C26H33N5O3. The molecule has 3 aromatic rings. The van der Waals surface area contributed by atoms with Crippen LogP contribution in [0.1, 0.15) is 50.8 Å². The molecule has 34 heavy (non-hydrogen) atoms. The zero-order chi connectivity index (χ0) is 25.1. The molecule has 1 heterocycles. The molecule has 2 aromatic carbocycles. The van der Waals surface area contributed by atoms with E-state index in [9.17, 15) is 10.1 Å². The van der Waals surface area contributed by atoms with Crippen molar-refractivity contribution in [2.24, 2.45) is 5.73 Å². The fourth-order valence-electron chi connectivity index (χ4n) is 3.49. The van der Waals surface area contributed by atoms with Crippen LogP contribution in [0.25, 0.3) is 22.8 Å². The number of carbonyl (C=O) groups is 1. The number of aromatic nitrogens is 2. The molecule has 1 aromatic heterocycles. The van der Waals surface area contributed by atoms with Gasteiger partial charge in [-0.3, -0.25) is 4.79 Å². The Morgan fingerprint density at radius 1 is 1.26 bits per heavy atom. The number of nitrogens with two attached hydrogens (primary N) is 1. The van der Waals surface area contributed by atoms with Crippen LogP contribution >= 0.6 is 0 Å². The van der Waals surface area contributed by atoms with E-state index in [4.69, 9.17) is 15.0 Å². The lowest BCUT2D eigenvalue weighted by Crippen LogP contribution is -2.26. The third-order valence-electron chi connectivity index (χ3n) is 4.99. The Bertz CT molecular complexity index is 1130. The predicted octanol–water partition coefficient (Wildman–Crippen LogP) is 4.27. The zero-order valence-electron chi connectivity index (χ0n) is 20.5. The topological polar surface area (TPSA) is 127 Å². The van der Waals surface area contributed by atoms with Crippen LogP contribution in [0.4, 0.5) is 0 Å². The smallest absolute Gasteiger partial charge is 0.258 e. The highest BCUT2D eigenvalue weighted by atomic mass is 16.5. The van der Waals surface area contributed by atoms with Crippen molar-refractivity contribution in [3.05, 3.63) is 53.1 Å². The highest BCUT2D eigenvalue weighted by Gasteiger charge is 2.20. The number of likely N-dealkylation sites (N-methyl/N-ethyl adjacent to an activating group) is 1. The molecule has 0 bridgehead atoms. The summed E-state index contributed by atoms with van der Waals surface area (Å²) in [6.45, 7) is 7.94. The van der Waals surface area contributed by atoms with Crippen LogP contribution in [0.2, 0.25) is 0 Å². The lowest BCUT2D eigenvalue weighted by molar-refractivity contribution is -0.119. The molecule has 1 aliphatic carbocycles. The average molecular weight is 464 g/mol. The molecule has 180 valence electrons. The maximum atomic E-state index is 9.94. The Balaban J connectivity index is 0.000000447. The molecule has 4 rings (SSSR count). The van der Waals surface area contributed by atoms with Crippen LogP contribution in [0.15, 0.2) is 40.9 Å². The van der Waals surface area contributed by atoms with Crippen LogP contribution in [-0.4, -0.2) is 35.7 Å². The van der Waals surface area contributed by atoms with E-state index >= 15 is 0 Å². The number of nitrogens with one attached hydrogen (secondary N) is 1. The van der Waals surface area contributed by atoms with Gasteiger partial charge in [0.15, 0.2) is 0 Å². The Labute approximate surface area is 201 Å². The maximum absolute atomic E-state index is 9.94. The van der Waals surface area contributed by atoms with Gasteiger partial charge in [0, 0.05) is 18.2 Å². The number of rotatable bonds is 5. The first-order valence-corrected chi connectivity index (χ1v) is 11.5. The van der Waals surface area contributed by atoms with Gasteiger partial charge >= 0.3 is 0 Å². The van der Waals surface area contributed by atoms with Crippen LogP contribution in [0.3, 0.4) is 0 Å². The van der Waals surface area contributed by atoms with E-state index in [1.165, 1.54) is 17.5 Å². The van der Waals surface area contributed by atoms with Gasteiger partial charge in [0.05, 0.1) is 18.2 Å². The number of nitrogens with zero attached hydrogens (tertiary/aromatic N) is 3. The largest absolute Gasteiger partial charge is 0.490 e. The minimum absolute atomic E-state index is 0.00290. The molecule has 0 fully saturated rings. The van der Waals surface area contributed by atoms with Gasteiger partial charge in [-0.25, -0.2) is 0 Å². The minimum atomic E-state index is -0.130. The summed E-state index contributed by atoms with van der Waals surface area (Å²) in [5.74, 6) is 1.44. The summed E-state index contributed by atoms with van der Waals surface area (Å²) in [4.78, 5) is 14.5. The lowest BCUT2D eigenvalue weighted by atomic mass is 10.0. The molecule has 0 radical (unpaired) electrons. The standard InChI is InChI=1S/C21H19N3O2.C3H8N2O.C2H6/c1-13(2)25-19-10-9-15(11-16(19)12-22)21-23-20(24-26-21)18-8-4-6-14-5-3-7-17(14)18;1-5-3(6)2-4;1-2/h4,6,8-11,13H,3,5,7H2,1-2H3;2,4H2,1H3,(H,5,6);1-2H3. The first kappa shape index (κ1) is 26.6. The van der Waals surface area contributed by atoms with Gasteiger partial charge in [0.2, 0.25) is 11.7 Å². The summed E-state index contributed by atoms with van der Waals surface area (Å²) in [5.41, 5.74) is 9.76. The SMILES string of the molecule is CC.CC(C)Oc1ccc(-c2nc(-c3cccc4c3CCC4)no2)cc1C#N.CNC(=O)CN. The average Bonchev–Trinajstić information content (AvgIpc) is 3.55. The number of nitriles is 1. The van der Waals surface area contributed by atoms with Crippen LogP contribution in [-0.2, 0) is 17.6 Å². The molecule has 3 N–H and O–H groups in total. The number of carbonyl (C=O) groups excluding carboxylic acids is 1. The third-order valence-corrected chi connectivity index (χ3v) is 4.99. The van der Waals surface area contributed by atoms with Gasteiger partial charge in [-0.15, -0.1) is 0 Å². The highest BCUT2D eigenvalue weighted by molar-refractivity contribution is 5.77.